The van der Waals surface area contributed by atoms with Gasteiger partial charge in [-0.1, -0.05) is 30.3 Å². The van der Waals surface area contributed by atoms with Crippen LogP contribution in [0.2, 0.25) is 0 Å². The lowest BCUT2D eigenvalue weighted by atomic mass is 10.1. The highest BCUT2D eigenvalue weighted by molar-refractivity contribution is 7.91. The molecule has 24 heavy (non-hydrogen) atoms. The van der Waals surface area contributed by atoms with Gasteiger partial charge in [0.25, 0.3) is 0 Å². The molecule has 0 spiro atoms. The SMILES string of the molecule is O=S(=O)(CCN1CCOC(c2ccc(F)cc2)C1)c1ccccc1. The molecule has 0 aliphatic carbocycles. The van der Waals surface area contributed by atoms with Gasteiger partial charge in [0.2, 0.25) is 0 Å². The molecule has 0 amide bonds. The van der Waals surface area contributed by atoms with Crippen molar-refractivity contribution in [1.29, 1.82) is 0 Å². The van der Waals surface area contributed by atoms with Crippen LogP contribution in [-0.4, -0.2) is 45.3 Å². The van der Waals surface area contributed by atoms with Gasteiger partial charge in [0, 0.05) is 19.6 Å². The molecule has 0 saturated carbocycles. The number of rotatable bonds is 5. The molecule has 1 atom stereocenters. The highest BCUT2D eigenvalue weighted by atomic mass is 32.2. The number of benzene rings is 2. The van der Waals surface area contributed by atoms with Crippen LogP contribution in [0.1, 0.15) is 11.7 Å². The van der Waals surface area contributed by atoms with E-state index in [0.717, 1.165) is 5.56 Å². The van der Waals surface area contributed by atoms with E-state index in [4.69, 9.17) is 4.74 Å². The van der Waals surface area contributed by atoms with Gasteiger partial charge in [-0.05, 0) is 29.8 Å². The summed E-state index contributed by atoms with van der Waals surface area (Å²) in [6.45, 7) is 2.30. The van der Waals surface area contributed by atoms with Gasteiger partial charge >= 0.3 is 0 Å². The van der Waals surface area contributed by atoms with E-state index >= 15 is 0 Å². The number of halogens is 1. The molecule has 0 bridgehead atoms. The van der Waals surface area contributed by atoms with Gasteiger partial charge in [-0.3, -0.25) is 4.90 Å². The molecule has 1 heterocycles. The molecule has 2 aromatic rings. The van der Waals surface area contributed by atoms with Gasteiger partial charge in [-0.25, -0.2) is 12.8 Å². The first-order valence-electron chi connectivity index (χ1n) is 7.92. The summed E-state index contributed by atoms with van der Waals surface area (Å²) in [7, 11) is -3.28. The number of nitrogens with zero attached hydrogens (tertiary/aromatic N) is 1. The quantitative estimate of drug-likeness (QED) is 0.833. The molecule has 1 unspecified atom stereocenters. The average molecular weight is 349 g/mol. The number of ether oxygens (including phenoxy) is 1. The largest absolute Gasteiger partial charge is 0.371 e. The molecule has 128 valence electrons. The van der Waals surface area contributed by atoms with Gasteiger partial charge in [-0.15, -0.1) is 0 Å². The maximum Gasteiger partial charge on any atom is 0.179 e. The topological polar surface area (TPSA) is 46.6 Å². The maximum atomic E-state index is 13.0. The van der Waals surface area contributed by atoms with E-state index in [1.165, 1.54) is 12.1 Å². The van der Waals surface area contributed by atoms with E-state index in [9.17, 15) is 12.8 Å². The Morgan fingerprint density at radius 2 is 1.79 bits per heavy atom. The molecule has 3 rings (SSSR count). The fourth-order valence-corrected chi connectivity index (χ4v) is 4.09. The second-order valence-electron chi connectivity index (χ2n) is 5.84. The van der Waals surface area contributed by atoms with Gasteiger partial charge < -0.3 is 4.74 Å². The van der Waals surface area contributed by atoms with Crippen molar-refractivity contribution in [3.63, 3.8) is 0 Å². The molecule has 0 N–H and O–H groups in total. The number of morpholine rings is 1. The fraction of sp³-hybridized carbons (Fsp3) is 0.333. The molecule has 1 aliphatic heterocycles. The summed E-state index contributed by atoms with van der Waals surface area (Å²) >= 11 is 0. The number of sulfone groups is 1. The first kappa shape index (κ1) is 17.1. The summed E-state index contributed by atoms with van der Waals surface area (Å²) in [6.07, 6.45) is -0.154. The van der Waals surface area contributed by atoms with E-state index in [-0.39, 0.29) is 17.7 Å². The lowest BCUT2D eigenvalue weighted by Gasteiger charge is -2.33. The number of hydrogen-bond acceptors (Lipinski definition) is 4. The van der Waals surface area contributed by atoms with Crippen LogP contribution in [0, 0.1) is 5.82 Å². The van der Waals surface area contributed by atoms with Crippen molar-refractivity contribution < 1.29 is 17.5 Å². The number of hydrogen-bond donors (Lipinski definition) is 0. The smallest absolute Gasteiger partial charge is 0.179 e. The summed E-state index contributed by atoms with van der Waals surface area (Å²) < 4.78 is 43.5. The Morgan fingerprint density at radius 1 is 1.08 bits per heavy atom. The van der Waals surface area contributed by atoms with Crippen molar-refractivity contribution in [3.8, 4) is 0 Å². The second kappa shape index (κ2) is 7.42. The van der Waals surface area contributed by atoms with Crippen molar-refractivity contribution >= 4 is 9.84 Å². The third-order valence-corrected chi connectivity index (χ3v) is 5.88. The third-order valence-electron chi connectivity index (χ3n) is 4.17. The zero-order valence-corrected chi connectivity index (χ0v) is 14.1. The monoisotopic (exact) mass is 349 g/mol. The zero-order chi connectivity index (χ0) is 17.0. The molecule has 4 nitrogen and oxygen atoms in total. The van der Waals surface area contributed by atoms with E-state index < -0.39 is 9.84 Å². The van der Waals surface area contributed by atoms with Crippen LogP contribution in [0.15, 0.2) is 59.5 Å². The minimum absolute atomic E-state index is 0.0765. The molecule has 1 fully saturated rings. The molecule has 1 aliphatic rings. The van der Waals surface area contributed by atoms with E-state index in [1.54, 1.807) is 42.5 Å². The Balaban J connectivity index is 1.60. The Labute approximate surface area is 141 Å². The molecule has 0 radical (unpaired) electrons. The molecule has 1 saturated heterocycles. The lowest BCUT2D eigenvalue weighted by molar-refractivity contribution is -0.0279. The van der Waals surface area contributed by atoms with Crippen molar-refractivity contribution in [3.05, 3.63) is 66.0 Å². The van der Waals surface area contributed by atoms with Gasteiger partial charge in [-0.2, -0.15) is 0 Å². The van der Waals surface area contributed by atoms with Crippen LogP contribution in [0.25, 0.3) is 0 Å². The van der Waals surface area contributed by atoms with E-state index in [1.807, 2.05) is 0 Å². The average Bonchev–Trinajstić information content (AvgIpc) is 2.62. The first-order valence-corrected chi connectivity index (χ1v) is 9.57. The van der Waals surface area contributed by atoms with Crippen molar-refractivity contribution in [2.45, 2.75) is 11.0 Å². The van der Waals surface area contributed by atoms with Crippen LogP contribution in [-0.2, 0) is 14.6 Å². The van der Waals surface area contributed by atoms with Crippen LogP contribution >= 0.6 is 0 Å². The highest BCUT2D eigenvalue weighted by Crippen LogP contribution is 2.22. The maximum absolute atomic E-state index is 13.0. The normalized spacial score (nSPS) is 19.3. The van der Waals surface area contributed by atoms with Crippen LogP contribution in [0.3, 0.4) is 0 Å². The Hall–Kier alpha value is -1.76. The van der Waals surface area contributed by atoms with Crippen LogP contribution in [0.5, 0.6) is 0 Å². The van der Waals surface area contributed by atoms with E-state index in [2.05, 4.69) is 4.90 Å². The summed E-state index contributed by atoms with van der Waals surface area (Å²) in [4.78, 5) is 2.44. The van der Waals surface area contributed by atoms with Crippen molar-refractivity contribution in [1.82, 2.24) is 4.90 Å². The molecule has 6 heteroatoms. The Morgan fingerprint density at radius 3 is 2.50 bits per heavy atom. The van der Waals surface area contributed by atoms with Crippen LogP contribution < -0.4 is 0 Å². The van der Waals surface area contributed by atoms with Crippen molar-refractivity contribution in [2.24, 2.45) is 0 Å². The van der Waals surface area contributed by atoms with Gasteiger partial charge in [0.15, 0.2) is 9.84 Å². The summed E-state index contributed by atoms with van der Waals surface area (Å²) in [5.74, 6) is -0.201. The van der Waals surface area contributed by atoms with Gasteiger partial charge in [0.1, 0.15) is 5.82 Å². The predicted octanol–water partition coefficient (Wildman–Crippen LogP) is 2.67. The van der Waals surface area contributed by atoms with Gasteiger partial charge in [0.05, 0.1) is 23.4 Å². The fourth-order valence-electron chi connectivity index (χ4n) is 2.78. The second-order valence-corrected chi connectivity index (χ2v) is 7.95. The Bertz CT molecular complexity index is 763. The minimum atomic E-state index is -3.28. The molecular weight excluding hydrogens is 329 g/mol. The molecular formula is C18H20FNO3S. The third kappa shape index (κ3) is 4.20. The summed E-state index contributed by atoms with van der Waals surface area (Å²) in [5, 5.41) is 0. The molecule has 0 aromatic heterocycles. The first-order chi connectivity index (χ1) is 11.5. The zero-order valence-electron chi connectivity index (χ0n) is 13.3. The summed E-state index contributed by atoms with van der Waals surface area (Å²) in [6, 6.07) is 14.8. The Kier molecular flexibility index (Phi) is 5.28. The standard InChI is InChI=1S/C18H20FNO3S/c19-16-8-6-15(7-9-16)18-14-20(10-12-23-18)11-13-24(21,22)17-4-2-1-3-5-17/h1-9,18H,10-14H2. The van der Waals surface area contributed by atoms with E-state index in [0.29, 0.717) is 31.1 Å². The highest BCUT2D eigenvalue weighted by Gasteiger charge is 2.24. The lowest BCUT2D eigenvalue weighted by Crippen LogP contribution is -2.40. The minimum Gasteiger partial charge on any atom is -0.371 e. The summed E-state index contributed by atoms with van der Waals surface area (Å²) in [5.41, 5.74) is 0.909. The molecule has 2 aromatic carbocycles. The van der Waals surface area contributed by atoms with Crippen LogP contribution in [0.4, 0.5) is 4.39 Å². The van der Waals surface area contributed by atoms with Crippen molar-refractivity contribution in [2.75, 3.05) is 32.0 Å². The predicted molar refractivity (Wildman–Crippen MR) is 90.0 cm³/mol.